The number of halogens is 4. The van der Waals surface area contributed by atoms with Gasteiger partial charge in [0.15, 0.2) is 11.6 Å². The van der Waals surface area contributed by atoms with Gasteiger partial charge in [-0.3, -0.25) is 9.78 Å². The number of aromatic nitrogens is 6. The largest absolute Gasteiger partial charge is 0.405 e. The van der Waals surface area contributed by atoms with Crippen LogP contribution in [0.3, 0.4) is 0 Å². The van der Waals surface area contributed by atoms with Crippen LogP contribution >= 0.6 is 0 Å². The number of alkyl halides is 3. The smallest absolute Gasteiger partial charge is 0.368 e. The topological polar surface area (TPSA) is 140 Å². The highest BCUT2D eigenvalue weighted by Crippen LogP contribution is 2.27. The van der Waals surface area contributed by atoms with Crippen molar-refractivity contribution in [1.82, 2.24) is 35.0 Å². The van der Waals surface area contributed by atoms with Crippen LogP contribution < -0.4 is 21.3 Å². The number of nitrogens with two attached hydrogens (primary N) is 1. The number of hydrogen-bond donors (Lipinski definition) is 3. The van der Waals surface area contributed by atoms with E-state index in [0.717, 1.165) is 10.9 Å². The van der Waals surface area contributed by atoms with E-state index in [1.807, 2.05) is 5.32 Å². The lowest BCUT2D eigenvalue weighted by Gasteiger charge is -2.25. The van der Waals surface area contributed by atoms with Crippen molar-refractivity contribution < 1.29 is 28.1 Å². The normalized spacial score (nSPS) is 16.1. The van der Waals surface area contributed by atoms with Gasteiger partial charge in [-0.1, -0.05) is 0 Å². The second-order valence-corrected chi connectivity index (χ2v) is 7.10. The molecule has 1 fully saturated rings. The number of nitrogen functional groups attached to an aromatic ring is 1. The lowest BCUT2D eigenvalue weighted by atomic mass is 10.2. The SMILES string of the molecule is Nc1nc(Nc2cccnc2)nn1-c1ncc(F)c(N2CCC[C@@H]2C(=O)NCC(F)(F)F)n1.[HH].[HH].[HH].[HH]. The molecule has 1 aliphatic rings. The number of nitrogens with one attached hydrogen (secondary N) is 2. The van der Waals surface area contributed by atoms with Crippen molar-refractivity contribution in [1.29, 1.82) is 0 Å². The zero-order valence-corrected chi connectivity index (χ0v) is 16.9. The van der Waals surface area contributed by atoms with Gasteiger partial charge < -0.3 is 21.3 Å². The first-order valence-corrected chi connectivity index (χ1v) is 9.75. The Morgan fingerprint density at radius 3 is 2.85 bits per heavy atom. The van der Waals surface area contributed by atoms with Gasteiger partial charge in [-0.15, -0.1) is 5.10 Å². The third-order valence-corrected chi connectivity index (χ3v) is 4.74. The fourth-order valence-corrected chi connectivity index (χ4v) is 3.34. The highest BCUT2D eigenvalue weighted by atomic mass is 19.4. The Labute approximate surface area is 190 Å². The summed E-state index contributed by atoms with van der Waals surface area (Å²) in [6.45, 7) is -1.26. The van der Waals surface area contributed by atoms with Crippen molar-refractivity contribution in [2.75, 3.05) is 29.0 Å². The molecule has 1 amide bonds. The monoisotopic (exact) mass is 474 g/mol. The Morgan fingerprint density at radius 1 is 1.30 bits per heavy atom. The average Bonchev–Trinajstić information content (AvgIpc) is 3.39. The van der Waals surface area contributed by atoms with Crippen molar-refractivity contribution in [3.63, 3.8) is 0 Å². The van der Waals surface area contributed by atoms with Crippen LogP contribution in [0, 0.1) is 5.82 Å². The number of carbonyl (C=O) groups is 1. The third-order valence-electron chi connectivity index (χ3n) is 4.74. The summed E-state index contributed by atoms with van der Waals surface area (Å²) < 4.78 is 53.0. The first kappa shape index (κ1) is 22.2. The van der Waals surface area contributed by atoms with E-state index in [1.165, 1.54) is 4.90 Å². The molecule has 1 aliphatic heterocycles. The molecule has 15 heteroatoms. The summed E-state index contributed by atoms with van der Waals surface area (Å²) in [7, 11) is 0. The summed E-state index contributed by atoms with van der Waals surface area (Å²) >= 11 is 0. The Kier molecular flexibility index (Phi) is 5.93. The Balaban J connectivity index is 0.00000324. The average molecular weight is 474 g/mol. The van der Waals surface area contributed by atoms with E-state index in [4.69, 9.17) is 5.73 Å². The zero-order chi connectivity index (χ0) is 23.6. The molecule has 3 aromatic heterocycles. The molecule has 1 atom stereocenters. The molecular weight excluding hydrogens is 448 g/mol. The maximum absolute atomic E-state index is 14.6. The van der Waals surface area contributed by atoms with Crippen LogP contribution in [-0.4, -0.2) is 60.9 Å². The van der Waals surface area contributed by atoms with E-state index < -0.39 is 30.5 Å². The van der Waals surface area contributed by atoms with Crippen molar-refractivity contribution >= 4 is 29.3 Å². The predicted molar refractivity (Wildman–Crippen MR) is 117 cm³/mol. The van der Waals surface area contributed by atoms with Crippen LogP contribution in [0.25, 0.3) is 5.95 Å². The minimum atomic E-state index is -4.56. The second-order valence-electron chi connectivity index (χ2n) is 7.10. The molecule has 0 radical (unpaired) electrons. The van der Waals surface area contributed by atoms with Crippen LogP contribution in [0.5, 0.6) is 0 Å². The van der Waals surface area contributed by atoms with E-state index >= 15 is 0 Å². The minimum Gasteiger partial charge on any atom is -0.368 e. The zero-order valence-electron chi connectivity index (χ0n) is 16.9. The highest BCUT2D eigenvalue weighted by Gasteiger charge is 2.36. The summed E-state index contributed by atoms with van der Waals surface area (Å²) in [5, 5.41) is 8.88. The number of amides is 1. The van der Waals surface area contributed by atoms with Crippen molar-refractivity contribution in [3.05, 3.63) is 36.5 Å². The lowest BCUT2D eigenvalue weighted by molar-refractivity contribution is -0.139. The Bertz CT molecular complexity index is 1160. The summed E-state index contributed by atoms with van der Waals surface area (Å²) in [5.74, 6) is -2.08. The van der Waals surface area contributed by atoms with Crippen molar-refractivity contribution in [2.24, 2.45) is 0 Å². The standard InChI is InChI=1S/C18H18F4N10O.4H2/c19-11-8-25-17(32-15(23)29-16(30-32)27-10-3-1-5-24-7-10)28-13(11)31-6-2-4-12(31)14(33)26-9-18(20,21)22;;;;/h1,3,5,7-8,12H,2,4,6,9H2,(H,26,33)(H3,23,27,29,30);4*1H/t12-;;;;/m1..../s1. The van der Waals surface area contributed by atoms with Crippen LogP contribution in [0.2, 0.25) is 0 Å². The first-order valence-electron chi connectivity index (χ1n) is 9.75. The molecule has 0 saturated carbocycles. The van der Waals surface area contributed by atoms with Gasteiger partial charge in [-0.25, -0.2) is 9.37 Å². The van der Waals surface area contributed by atoms with Crippen molar-refractivity contribution in [2.45, 2.75) is 25.1 Å². The molecule has 0 aromatic carbocycles. The summed E-state index contributed by atoms with van der Waals surface area (Å²) in [4.78, 5) is 29.6. The molecule has 1 saturated heterocycles. The van der Waals surface area contributed by atoms with Gasteiger partial charge in [0.05, 0.1) is 18.1 Å². The number of nitrogens with zero attached hydrogens (tertiary/aromatic N) is 7. The van der Waals surface area contributed by atoms with Gasteiger partial charge >= 0.3 is 6.18 Å². The molecule has 4 heterocycles. The molecule has 4 N–H and O–H groups in total. The highest BCUT2D eigenvalue weighted by molar-refractivity contribution is 5.85. The number of hydrogen-bond acceptors (Lipinski definition) is 9. The first-order chi connectivity index (χ1) is 15.7. The fourth-order valence-electron chi connectivity index (χ4n) is 3.34. The maximum atomic E-state index is 14.6. The van der Waals surface area contributed by atoms with Gasteiger partial charge in [0.2, 0.25) is 17.8 Å². The van der Waals surface area contributed by atoms with Gasteiger partial charge in [0, 0.05) is 18.4 Å². The molecule has 4 rings (SSSR count). The molecule has 33 heavy (non-hydrogen) atoms. The predicted octanol–water partition coefficient (Wildman–Crippen LogP) is 2.55. The van der Waals surface area contributed by atoms with E-state index in [1.54, 1.807) is 24.5 Å². The molecule has 0 bridgehead atoms. The third kappa shape index (κ3) is 5.07. The van der Waals surface area contributed by atoms with E-state index in [0.29, 0.717) is 12.1 Å². The molecule has 0 spiro atoms. The van der Waals surface area contributed by atoms with Crippen LogP contribution in [-0.2, 0) is 4.79 Å². The fraction of sp³-hybridized carbons (Fsp3) is 0.333. The maximum Gasteiger partial charge on any atom is 0.405 e. The van der Waals surface area contributed by atoms with E-state index in [9.17, 15) is 22.4 Å². The Hall–Kier alpha value is -4.04. The second kappa shape index (κ2) is 8.84. The van der Waals surface area contributed by atoms with Crippen LogP contribution in [0.15, 0.2) is 30.7 Å². The number of carbonyl (C=O) groups excluding carboxylic acids is 1. The summed E-state index contributed by atoms with van der Waals surface area (Å²) in [6.07, 6.45) is 0.157. The molecule has 0 aliphatic carbocycles. The van der Waals surface area contributed by atoms with Crippen molar-refractivity contribution in [3.8, 4) is 5.95 Å². The number of anilines is 4. The van der Waals surface area contributed by atoms with E-state index in [2.05, 4.69) is 30.4 Å². The number of pyridine rings is 1. The van der Waals surface area contributed by atoms with E-state index in [-0.39, 0.29) is 42.3 Å². The molecule has 11 nitrogen and oxygen atoms in total. The molecule has 0 unspecified atom stereocenters. The van der Waals surface area contributed by atoms with Gasteiger partial charge in [0.1, 0.15) is 12.6 Å². The minimum absolute atomic E-state index is 0. The number of rotatable bonds is 6. The summed E-state index contributed by atoms with van der Waals surface area (Å²) in [5.41, 5.74) is 6.50. The molecule has 182 valence electrons. The van der Waals surface area contributed by atoms with Gasteiger partial charge in [-0.05, 0) is 25.0 Å². The molecular formula is C18H26F4N10O. The Morgan fingerprint density at radius 2 is 2.12 bits per heavy atom. The van der Waals surface area contributed by atoms with Crippen LogP contribution in [0.1, 0.15) is 18.5 Å². The quantitative estimate of drug-likeness (QED) is 0.460. The summed E-state index contributed by atoms with van der Waals surface area (Å²) in [6, 6.07) is 2.42. The lowest BCUT2D eigenvalue weighted by Crippen LogP contribution is -2.46. The molecule has 3 aromatic rings. The van der Waals surface area contributed by atoms with Gasteiger partial charge in [0.25, 0.3) is 5.95 Å². The van der Waals surface area contributed by atoms with Gasteiger partial charge in [-0.2, -0.15) is 27.8 Å². The van der Waals surface area contributed by atoms with Crippen LogP contribution in [0.4, 0.5) is 41.0 Å².